The molecule has 5 rings (SSSR count). The summed E-state index contributed by atoms with van der Waals surface area (Å²) in [5.41, 5.74) is 1.88. The molecule has 0 saturated heterocycles. The second kappa shape index (κ2) is 12.0. The van der Waals surface area contributed by atoms with Crippen LogP contribution in [-0.2, 0) is 17.6 Å². The third-order valence-electron chi connectivity index (χ3n) is 9.38. The Labute approximate surface area is 245 Å². The molecular formula is C31H40N4O5S. The standard InChI is InChI=1S/C31H40N4O5S/c1-30-11-9-26(37)31(2,18-36)25(30)16-24-28(35-29(41-24)34-20-6-5-12-32-17-20)21(30)15-27(38)33-13-10-19-7-8-22(39-3)23(14-19)40-4/h5-8,12,14,17,21,25-26,36-37H,9-11,13,15-16,18H2,1-4H3,(H,33,38)(H,34,35). The number of aromatic nitrogens is 2. The summed E-state index contributed by atoms with van der Waals surface area (Å²) < 4.78 is 10.7. The Morgan fingerprint density at radius 2 is 2.00 bits per heavy atom. The van der Waals surface area contributed by atoms with Gasteiger partial charge in [-0.3, -0.25) is 9.78 Å². The number of rotatable bonds is 10. The van der Waals surface area contributed by atoms with Gasteiger partial charge in [0.25, 0.3) is 0 Å². The highest BCUT2D eigenvalue weighted by Gasteiger charge is 2.59. The van der Waals surface area contributed by atoms with Gasteiger partial charge in [0.2, 0.25) is 5.91 Å². The van der Waals surface area contributed by atoms with Crippen LogP contribution >= 0.6 is 11.3 Å². The summed E-state index contributed by atoms with van der Waals surface area (Å²) in [6.07, 6.45) is 5.90. The van der Waals surface area contributed by atoms with Crippen LogP contribution in [0.15, 0.2) is 42.7 Å². The number of aliphatic hydroxyl groups excluding tert-OH is 2. The van der Waals surface area contributed by atoms with Gasteiger partial charge in [-0.2, -0.15) is 0 Å². The van der Waals surface area contributed by atoms with E-state index in [1.165, 1.54) is 0 Å². The molecule has 1 fully saturated rings. The van der Waals surface area contributed by atoms with Gasteiger partial charge in [0, 0.05) is 35.4 Å². The average Bonchev–Trinajstić information content (AvgIpc) is 3.38. The molecule has 5 atom stereocenters. The van der Waals surface area contributed by atoms with Crippen LogP contribution in [0.4, 0.5) is 10.8 Å². The molecule has 0 radical (unpaired) electrons. The van der Waals surface area contributed by atoms with Gasteiger partial charge in [-0.25, -0.2) is 4.98 Å². The summed E-state index contributed by atoms with van der Waals surface area (Å²) >= 11 is 1.58. The molecule has 9 nitrogen and oxygen atoms in total. The van der Waals surface area contributed by atoms with Crippen LogP contribution in [0.5, 0.6) is 11.5 Å². The zero-order chi connectivity index (χ0) is 29.2. The number of nitrogens with one attached hydrogen (secondary N) is 2. The summed E-state index contributed by atoms with van der Waals surface area (Å²) in [7, 11) is 3.22. The molecule has 3 aromatic rings. The number of ether oxygens (including phenoxy) is 2. The van der Waals surface area contributed by atoms with Crippen molar-refractivity contribution in [3.8, 4) is 11.5 Å². The number of thiazole rings is 1. The molecule has 2 aliphatic carbocycles. The van der Waals surface area contributed by atoms with E-state index in [4.69, 9.17) is 14.5 Å². The van der Waals surface area contributed by atoms with Crippen molar-refractivity contribution < 1.29 is 24.5 Å². The molecule has 0 bridgehead atoms. The largest absolute Gasteiger partial charge is 0.493 e. The van der Waals surface area contributed by atoms with Crippen LogP contribution in [0.3, 0.4) is 0 Å². The summed E-state index contributed by atoms with van der Waals surface area (Å²) in [5.74, 6) is 1.17. The number of fused-ring (bicyclic) bond motifs is 2. The van der Waals surface area contributed by atoms with E-state index in [0.29, 0.717) is 43.7 Å². The molecule has 220 valence electrons. The fourth-order valence-corrected chi connectivity index (χ4v) is 7.99. The number of carbonyl (C=O) groups is 1. The van der Waals surface area contributed by atoms with Gasteiger partial charge in [-0.15, -0.1) is 11.3 Å². The van der Waals surface area contributed by atoms with Crippen molar-refractivity contribution in [2.45, 2.75) is 58.0 Å². The maximum atomic E-state index is 13.4. The first-order chi connectivity index (χ1) is 19.7. The van der Waals surface area contributed by atoms with E-state index in [1.54, 1.807) is 38.0 Å². The lowest BCUT2D eigenvalue weighted by Gasteiger charge is -2.58. The number of amides is 1. The average molecular weight is 581 g/mol. The zero-order valence-electron chi connectivity index (χ0n) is 24.1. The Hall–Kier alpha value is -3.21. The maximum Gasteiger partial charge on any atom is 0.220 e. The van der Waals surface area contributed by atoms with E-state index in [1.807, 2.05) is 37.3 Å². The van der Waals surface area contributed by atoms with Crippen molar-refractivity contribution in [2.75, 3.05) is 32.7 Å². The van der Waals surface area contributed by atoms with E-state index in [2.05, 4.69) is 22.5 Å². The van der Waals surface area contributed by atoms with Gasteiger partial charge in [-0.1, -0.05) is 19.9 Å². The van der Waals surface area contributed by atoms with E-state index < -0.39 is 11.5 Å². The third kappa shape index (κ3) is 5.65. The van der Waals surface area contributed by atoms with Gasteiger partial charge in [0.15, 0.2) is 16.6 Å². The monoisotopic (exact) mass is 580 g/mol. The lowest BCUT2D eigenvalue weighted by molar-refractivity contribution is -0.144. The molecule has 10 heteroatoms. The molecule has 0 spiro atoms. The molecule has 41 heavy (non-hydrogen) atoms. The van der Waals surface area contributed by atoms with Crippen LogP contribution in [-0.4, -0.2) is 59.6 Å². The van der Waals surface area contributed by atoms with E-state index >= 15 is 0 Å². The molecule has 2 heterocycles. The second-order valence-electron chi connectivity index (χ2n) is 11.7. The molecular weight excluding hydrogens is 540 g/mol. The minimum Gasteiger partial charge on any atom is -0.493 e. The third-order valence-corrected chi connectivity index (χ3v) is 10.4. The number of anilines is 2. The number of nitrogens with zero attached hydrogens (tertiary/aromatic N) is 2. The number of methoxy groups -OCH3 is 2. The van der Waals surface area contributed by atoms with Crippen molar-refractivity contribution >= 4 is 28.1 Å². The van der Waals surface area contributed by atoms with Gasteiger partial charge in [0.05, 0.1) is 44.5 Å². The van der Waals surface area contributed by atoms with Crippen molar-refractivity contribution in [3.63, 3.8) is 0 Å². The minimum atomic E-state index is -0.659. The quantitative estimate of drug-likeness (QED) is 0.277. The Morgan fingerprint density at radius 3 is 2.71 bits per heavy atom. The summed E-state index contributed by atoms with van der Waals surface area (Å²) in [6, 6.07) is 9.59. The molecule has 0 aliphatic heterocycles. The predicted molar refractivity (Wildman–Crippen MR) is 159 cm³/mol. The van der Waals surface area contributed by atoms with E-state index in [9.17, 15) is 15.0 Å². The van der Waals surface area contributed by atoms with E-state index in [-0.39, 0.29) is 29.8 Å². The lowest BCUT2D eigenvalue weighted by Crippen LogP contribution is -2.57. The Balaban J connectivity index is 1.37. The summed E-state index contributed by atoms with van der Waals surface area (Å²) in [6.45, 7) is 4.59. The number of carbonyl (C=O) groups excluding carboxylic acids is 1. The summed E-state index contributed by atoms with van der Waals surface area (Å²) in [4.78, 5) is 23.8. The Bertz CT molecular complexity index is 1370. The fraction of sp³-hybridized carbons (Fsp3) is 0.516. The maximum absolute atomic E-state index is 13.4. The number of benzene rings is 1. The van der Waals surface area contributed by atoms with Gasteiger partial charge < -0.3 is 30.3 Å². The molecule has 2 aliphatic rings. The normalized spacial score (nSPS) is 26.9. The molecule has 2 aromatic heterocycles. The first-order valence-corrected chi connectivity index (χ1v) is 15.0. The number of hydrogen-bond acceptors (Lipinski definition) is 9. The smallest absolute Gasteiger partial charge is 0.220 e. The molecule has 1 amide bonds. The number of hydrogen-bond donors (Lipinski definition) is 4. The van der Waals surface area contributed by atoms with Crippen molar-refractivity contribution in [2.24, 2.45) is 16.7 Å². The van der Waals surface area contributed by atoms with Gasteiger partial charge in [-0.05, 0) is 66.8 Å². The highest BCUT2D eigenvalue weighted by Crippen LogP contribution is 2.62. The first kappa shape index (κ1) is 29.3. The van der Waals surface area contributed by atoms with Crippen LogP contribution in [0.1, 0.15) is 55.2 Å². The van der Waals surface area contributed by atoms with Crippen molar-refractivity contribution in [1.29, 1.82) is 0 Å². The molecule has 1 saturated carbocycles. The highest BCUT2D eigenvalue weighted by molar-refractivity contribution is 7.15. The van der Waals surface area contributed by atoms with Crippen LogP contribution in [0.25, 0.3) is 0 Å². The number of pyridine rings is 1. The Morgan fingerprint density at radius 1 is 1.20 bits per heavy atom. The van der Waals surface area contributed by atoms with Crippen LogP contribution in [0, 0.1) is 16.7 Å². The van der Waals surface area contributed by atoms with Crippen molar-refractivity contribution in [3.05, 3.63) is 58.9 Å². The zero-order valence-corrected chi connectivity index (χ0v) is 25.0. The Kier molecular flexibility index (Phi) is 8.54. The fourth-order valence-electron chi connectivity index (χ4n) is 6.90. The SMILES string of the molecule is COc1ccc(CCNC(=O)CC2c3nc(Nc4cccnc4)sc3CC3C(C)(CO)C(O)CCC23C)cc1OC. The summed E-state index contributed by atoms with van der Waals surface area (Å²) in [5, 5.41) is 28.8. The van der Waals surface area contributed by atoms with Crippen LogP contribution in [0.2, 0.25) is 0 Å². The second-order valence-corrected chi connectivity index (χ2v) is 12.8. The highest BCUT2D eigenvalue weighted by atomic mass is 32.1. The van der Waals surface area contributed by atoms with E-state index in [0.717, 1.165) is 33.4 Å². The molecule has 4 N–H and O–H groups in total. The van der Waals surface area contributed by atoms with Gasteiger partial charge in [0.1, 0.15) is 0 Å². The number of aliphatic hydroxyl groups is 2. The predicted octanol–water partition coefficient (Wildman–Crippen LogP) is 4.46. The first-order valence-electron chi connectivity index (χ1n) is 14.1. The molecule has 1 aromatic carbocycles. The minimum absolute atomic E-state index is 0.00695. The van der Waals surface area contributed by atoms with Crippen LogP contribution < -0.4 is 20.1 Å². The molecule has 5 unspecified atom stereocenters. The topological polar surface area (TPSA) is 126 Å². The van der Waals surface area contributed by atoms with Crippen molar-refractivity contribution in [1.82, 2.24) is 15.3 Å². The van der Waals surface area contributed by atoms with Gasteiger partial charge >= 0.3 is 0 Å². The lowest BCUT2D eigenvalue weighted by atomic mass is 9.47.